The summed E-state index contributed by atoms with van der Waals surface area (Å²) in [6.07, 6.45) is 18.0. The second-order valence-corrected chi connectivity index (χ2v) is 15.6. The molecule has 12 heteroatoms. The summed E-state index contributed by atoms with van der Waals surface area (Å²) in [6, 6.07) is 7.94. The molecule has 2 heterocycles. The van der Waals surface area contributed by atoms with Crippen molar-refractivity contribution in [1.82, 2.24) is 29.3 Å². The van der Waals surface area contributed by atoms with Crippen molar-refractivity contribution in [1.29, 1.82) is 0 Å². The summed E-state index contributed by atoms with van der Waals surface area (Å²) in [5.74, 6) is 0.459. The van der Waals surface area contributed by atoms with Gasteiger partial charge in [-0.05, 0) is 31.9 Å². The van der Waals surface area contributed by atoms with Gasteiger partial charge in [-0.15, -0.1) is 5.10 Å². The van der Waals surface area contributed by atoms with Crippen LogP contribution in [-0.2, 0) is 20.0 Å². The van der Waals surface area contributed by atoms with E-state index >= 15 is 0 Å². The van der Waals surface area contributed by atoms with E-state index in [0.717, 1.165) is 32.1 Å². The summed E-state index contributed by atoms with van der Waals surface area (Å²) in [6.45, 7) is 6.55. The first-order valence-electron chi connectivity index (χ1n) is 16.7. The van der Waals surface area contributed by atoms with Crippen LogP contribution in [0.3, 0.4) is 0 Å². The number of nitrogens with one attached hydrogen (secondary N) is 3. The van der Waals surface area contributed by atoms with E-state index in [1.807, 2.05) is 6.07 Å². The smallest absolute Gasteiger partial charge is 0.240 e. The number of H-pyrrole nitrogens is 1. The summed E-state index contributed by atoms with van der Waals surface area (Å²) in [4.78, 5) is 4.71. The number of unbranched alkanes of at least 4 members (excludes halogenated alkanes) is 14. The zero-order valence-electron chi connectivity index (χ0n) is 27.0. The van der Waals surface area contributed by atoms with Crippen molar-refractivity contribution in [2.24, 2.45) is 0 Å². The van der Waals surface area contributed by atoms with Crippen molar-refractivity contribution >= 4 is 25.7 Å². The van der Waals surface area contributed by atoms with Crippen molar-refractivity contribution in [3.8, 4) is 11.3 Å². The number of rotatable bonds is 24. The van der Waals surface area contributed by atoms with Crippen molar-refractivity contribution in [2.45, 2.75) is 134 Å². The molecule has 1 aromatic carbocycles. The Morgan fingerprint density at radius 1 is 0.795 bits per heavy atom. The summed E-state index contributed by atoms with van der Waals surface area (Å²) >= 11 is 0. The fourth-order valence-corrected chi connectivity index (χ4v) is 7.78. The third kappa shape index (κ3) is 12.3. The van der Waals surface area contributed by atoms with Gasteiger partial charge in [0.2, 0.25) is 20.0 Å². The lowest BCUT2D eigenvalue weighted by Crippen LogP contribution is -2.29. The molecule has 0 saturated carbocycles. The maximum absolute atomic E-state index is 12.9. The van der Waals surface area contributed by atoms with Gasteiger partial charge in [0.15, 0.2) is 11.5 Å². The molecule has 0 aliphatic heterocycles. The second kappa shape index (κ2) is 18.6. The molecule has 0 bridgehead atoms. The van der Waals surface area contributed by atoms with Crippen LogP contribution in [0, 0.1) is 0 Å². The number of hydrogen-bond donors (Lipinski definition) is 3. The van der Waals surface area contributed by atoms with Gasteiger partial charge in [-0.3, -0.25) is 5.10 Å². The minimum absolute atomic E-state index is 0.0940. The molecule has 0 fully saturated rings. The van der Waals surface area contributed by atoms with Crippen LogP contribution < -0.4 is 9.44 Å². The van der Waals surface area contributed by atoms with E-state index in [2.05, 4.69) is 38.5 Å². The van der Waals surface area contributed by atoms with Crippen LogP contribution in [0.1, 0.15) is 135 Å². The van der Waals surface area contributed by atoms with E-state index in [1.165, 1.54) is 68.8 Å². The maximum Gasteiger partial charge on any atom is 0.240 e. The molecule has 3 aromatic rings. The van der Waals surface area contributed by atoms with Gasteiger partial charge in [0.05, 0.1) is 22.4 Å². The van der Waals surface area contributed by atoms with Gasteiger partial charge >= 0.3 is 0 Å². The highest BCUT2D eigenvalue weighted by atomic mass is 32.2. The Labute approximate surface area is 265 Å². The van der Waals surface area contributed by atoms with Crippen LogP contribution in [0.25, 0.3) is 16.9 Å². The molecule has 0 radical (unpaired) electrons. The lowest BCUT2D eigenvalue weighted by atomic mass is 10.1. The zero-order valence-corrected chi connectivity index (χ0v) is 28.6. The van der Waals surface area contributed by atoms with Crippen LogP contribution in [0.15, 0.2) is 35.2 Å². The summed E-state index contributed by atoms with van der Waals surface area (Å²) in [5.41, 5.74) is 1.87. The molecule has 0 aliphatic carbocycles. The van der Waals surface area contributed by atoms with E-state index in [9.17, 15) is 16.8 Å². The molecular formula is C32H54N6O4S2. The average molecular weight is 651 g/mol. The number of benzene rings is 1. The molecule has 0 spiro atoms. The van der Waals surface area contributed by atoms with E-state index < -0.39 is 26.1 Å². The van der Waals surface area contributed by atoms with Gasteiger partial charge in [0, 0.05) is 18.2 Å². The summed E-state index contributed by atoms with van der Waals surface area (Å²) < 4.78 is 57.9. The molecular weight excluding hydrogens is 597 g/mol. The highest BCUT2D eigenvalue weighted by Gasteiger charge is 2.21. The molecule has 1 unspecified atom stereocenters. The number of fused-ring (bicyclic) bond motifs is 1. The summed E-state index contributed by atoms with van der Waals surface area (Å²) in [5, 5.41) is 7.57. The molecule has 0 aliphatic rings. The van der Waals surface area contributed by atoms with Crippen LogP contribution in [0.2, 0.25) is 0 Å². The molecule has 2 aromatic heterocycles. The Kier molecular flexibility index (Phi) is 15.3. The molecule has 3 rings (SSSR count). The van der Waals surface area contributed by atoms with Crippen molar-refractivity contribution in [2.75, 3.05) is 12.3 Å². The average Bonchev–Trinajstić information content (AvgIpc) is 3.58. The minimum atomic E-state index is -3.62. The number of nitrogens with zero attached hydrogens (tertiary/aromatic N) is 3. The highest BCUT2D eigenvalue weighted by molar-refractivity contribution is 7.89. The Bertz CT molecular complexity index is 1440. The molecule has 0 saturated heterocycles. The largest absolute Gasteiger partial charge is 0.276 e. The van der Waals surface area contributed by atoms with Crippen LogP contribution in [-0.4, -0.2) is 48.9 Å². The minimum Gasteiger partial charge on any atom is -0.276 e. The lowest BCUT2D eigenvalue weighted by molar-refractivity contribution is 0.545. The third-order valence-corrected chi connectivity index (χ3v) is 10.9. The van der Waals surface area contributed by atoms with Crippen molar-refractivity contribution in [3.05, 3.63) is 36.2 Å². The van der Waals surface area contributed by atoms with Gasteiger partial charge in [-0.2, -0.15) is 4.63 Å². The van der Waals surface area contributed by atoms with Crippen LogP contribution in [0.4, 0.5) is 0 Å². The van der Waals surface area contributed by atoms with Gasteiger partial charge in [-0.1, -0.05) is 116 Å². The molecule has 1 atom stereocenters. The normalized spacial score (nSPS) is 13.2. The van der Waals surface area contributed by atoms with Gasteiger partial charge in [0.1, 0.15) is 0 Å². The highest BCUT2D eigenvalue weighted by Crippen LogP contribution is 2.23. The topological polar surface area (TPSA) is 138 Å². The summed E-state index contributed by atoms with van der Waals surface area (Å²) in [7, 11) is -7.08. The molecule has 3 N–H and O–H groups in total. The molecule has 248 valence electrons. The van der Waals surface area contributed by atoms with E-state index in [4.69, 9.17) is 0 Å². The van der Waals surface area contributed by atoms with E-state index in [1.54, 1.807) is 31.2 Å². The Balaban J connectivity index is 1.48. The van der Waals surface area contributed by atoms with Gasteiger partial charge in [-0.25, -0.2) is 31.3 Å². The third-order valence-electron chi connectivity index (χ3n) is 7.94. The predicted molar refractivity (Wildman–Crippen MR) is 179 cm³/mol. The lowest BCUT2D eigenvalue weighted by Gasteiger charge is -2.11. The van der Waals surface area contributed by atoms with E-state index in [0.29, 0.717) is 35.7 Å². The van der Waals surface area contributed by atoms with Crippen molar-refractivity contribution < 1.29 is 16.8 Å². The maximum atomic E-state index is 12.9. The monoisotopic (exact) mass is 650 g/mol. The molecule has 10 nitrogen and oxygen atoms in total. The fraction of sp³-hybridized carbons (Fsp3) is 0.688. The standard InChI is InChI=1S/C32H54N6O4S2/c1-4-6-8-10-12-13-14-15-17-19-24-43(39,40)37-27(3)32-34-31-26-30(35-38(31)36-32)28-21-20-22-29(25-28)44(41,42)33-23-18-16-11-9-7-5-2/h20-22,25-27,33,35,37H,4-19,23-24H2,1-3H3. The first kappa shape index (κ1) is 36.2. The molecule has 0 amide bonds. The SMILES string of the molecule is CCCCCCCCCCCCS(=O)(=O)NC(C)c1nc2cc(-c3cccc(S(=O)(=O)NCCCCCCCC)c3)[nH]n2n1. The second-order valence-electron chi connectivity index (χ2n) is 11.9. The quantitative estimate of drug-likeness (QED) is 0.0872. The first-order valence-corrected chi connectivity index (χ1v) is 19.8. The van der Waals surface area contributed by atoms with E-state index in [-0.39, 0.29) is 10.6 Å². The number of hydrogen-bond acceptors (Lipinski definition) is 6. The number of aromatic nitrogens is 4. The Hall–Kier alpha value is -2.28. The van der Waals surface area contributed by atoms with Crippen molar-refractivity contribution in [3.63, 3.8) is 0 Å². The number of aromatic amines is 1. The van der Waals surface area contributed by atoms with Crippen LogP contribution >= 0.6 is 0 Å². The van der Waals surface area contributed by atoms with Gasteiger partial charge < -0.3 is 0 Å². The first-order chi connectivity index (χ1) is 21.1. The Morgan fingerprint density at radius 2 is 1.39 bits per heavy atom. The number of sulfonamides is 2. The molecule has 44 heavy (non-hydrogen) atoms. The Morgan fingerprint density at radius 3 is 2.00 bits per heavy atom. The zero-order chi connectivity index (χ0) is 31.8. The predicted octanol–water partition coefficient (Wildman–Crippen LogP) is 7.26. The van der Waals surface area contributed by atoms with Crippen LogP contribution in [0.5, 0.6) is 0 Å². The van der Waals surface area contributed by atoms with Gasteiger partial charge in [0.25, 0.3) is 0 Å². The fourth-order valence-electron chi connectivity index (χ4n) is 5.31.